The first-order valence-corrected chi connectivity index (χ1v) is 5.98. The lowest BCUT2D eigenvalue weighted by Crippen LogP contribution is -2.25. The van der Waals surface area contributed by atoms with E-state index in [1.807, 2.05) is 29.0 Å². The molecule has 1 aromatic heterocycles. The van der Waals surface area contributed by atoms with E-state index in [4.69, 9.17) is 4.74 Å². The number of aromatic nitrogens is 2. The summed E-state index contributed by atoms with van der Waals surface area (Å²) in [6.45, 7) is 0. The summed E-state index contributed by atoms with van der Waals surface area (Å²) < 4.78 is 7.06. The number of aryl methyl sites for hydroxylation is 1. The summed E-state index contributed by atoms with van der Waals surface area (Å²) in [5.41, 5.74) is 1.89. The molecular formula is C14H14N2O2. The Morgan fingerprint density at radius 3 is 3.06 bits per heavy atom. The van der Waals surface area contributed by atoms with E-state index in [-0.39, 0.29) is 11.8 Å². The van der Waals surface area contributed by atoms with Gasteiger partial charge in [0.05, 0.1) is 19.5 Å². The third-order valence-corrected chi connectivity index (χ3v) is 3.46. The van der Waals surface area contributed by atoms with Gasteiger partial charge in [-0.05, 0) is 30.5 Å². The highest BCUT2D eigenvalue weighted by atomic mass is 16.5. The molecule has 18 heavy (non-hydrogen) atoms. The van der Waals surface area contributed by atoms with Crippen molar-refractivity contribution >= 4 is 5.78 Å². The van der Waals surface area contributed by atoms with Gasteiger partial charge in [0.1, 0.15) is 5.75 Å². The summed E-state index contributed by atoms with van der Waals surface area (Å²) in [7, 11) is 1.61. The molecule has 0 spiro atoms. The van der Waals surface area contributed by atoms with Crippen molar-refractivity contribution in [2.24, 2.45) is 0 Å². The van der Waals surface area contributed by atoms with Gasteiger partial charge in [0.2, 0.25) is 0 Å². The van der Waals surface area contributed by atoms with E-state index >= 15 is 0 Å². The molecule has 92 valence electrons. The van der Waals surface area contributed by atoms with Crippen LogP contribution in [0.25, 0.3) is 0 Å². The van der Waals surface area contributed by atoms with Crippen molar-refractivity contribution in [2.75, 3.05) is 7.11 Å². The molecule has 3 rings (SSSR count). The lowest BCUT2D eigenvalue weighted by Gasteiger charge is -2.24. The van der Waals surface area contributed by atoms with E-state index in [0.29, 0.717) is 0 Å². The van der Waals surface area contributed by atoms with Gasteiger partial charge < -0.3 is 9.30 Å². The Hall–Kier alpha value is -2.10. The summed E-state index contributed by atoms with van der Waals surface area (Å²) in [5.74, 6) is 0.876. The zero-order valence-corrected chi connectivity index (χ0v) is 10.2. The Labute approximate surface area is 105 Å². The third-order valence-electron chi connectivity index (χ3n) is 3.46. The summed E-state index contributed by atoms with van der Waals surface area (Å²) in [6, 6.07) is 5.59. The van der Waals surface area contributed by atoms with Crippen LogP contribution >= 0.6 is 0 Å². The Morgan fingerprint density at radius 2 is 2.33 bits per heavy atom. The normalized spacial score (nSPS) is 18.5. The van der Waals surface area contributed by atoms with Crippen LogP contribution in [0, 0.1) is 0 Å². The Bertz CT molecular complexity index is 575. The first-order chi connectivity index (χ1) is 8.79. The minimum absolute atomic E-state index is 0.132. The summed E-state index contributed by atoms with van der Waals surface area (Å²) in [4.78, 5) is 16.5. The minimum atomic E-state index is -0.132. The molecule has 0 bridgehead atoms. The number of imidazole rings is 1. The number of methoxy groups -OCH3 is 1. The number of nitrogens with zero attached hydrogens (tertiary/aromatic N) is 2. The zero-order chi connectivity index (χ0) is 12.5. The topological polar surface area (TPSA) is 44.1 Å². The van der Waals surface area contributed by atoms with Crippen molar-refractivity contribution in [2.45, 2.75) is 18.9 Å². The highest BCUT2D eigenvalue weighted by molar-refractivity contribution is 6.01. The van der Waals surface area contributed by atoms with Crippen molar-refractivity contribution in [3.8, 4) is 5.75 Å². The van der Waals surface area contributed by atoms with Crippen molar-refractivity contribution in [3.05, 3.63) is 48.0 Å². The number of fused-ring (bicyclic) bond motifs is 1. The van der Waals surface area contributed by atoms with Gasteiger partial charge in [-0.25, -0.2) is 4.98 Å². The summed E-state index contributed by atoms with van der Waals surface area (Å²) in [5, 5.41) is 0. The molecule has 2 aromatic rings. The van der Waals surface area contributed by atoms with E-state index in [1.54, 1.807) is 19.6 Å². The fourth-order valence-electron chi connectivity index (χ4n) is 2.47. The van der Waals surface area contributed by atoms with Gasteiger partial charge in [-0.3, -0.25) is 4.79 Å². The molecule has 1 atom stereocenters. The molecule has 0 N–H and O–H groups in total. The number of ketones is 1. The smallest absolute Gasteiger partial charge is 0.186 e. The number of carbonyl (C=O) groups excluding carboxylic acids is 1. The van der Waals surface area contributed by atoms with Crippen LogP contribution < -0.4 is 4.74 Å². The average Bonchev–Trinajstić information content (AvgIpc) is 2.93. The molecule has 1 aliphatic rings. The van der Waals surface area contributed by atoms with Gasteiger partial charge in [-0.1, -0.05) is 6.07 Å². The van der Waals surface area contributed by atoms with Crippen LogP contribution in [-0.4, -0.2) is 22.4 Å². The molecule has 0 aliphatic heterocycles. The molecular weight excluding hydrogens is 228 g/mol. The van der Waals surface area contributed by atoms with E-state index in [9.17, 15) is 4.79 Å². The van der Waals surface area contributed by atoms with E-state index in [2.05, 4.69) is 4.98 Å². The number of Topliss-reactive ketones (excluding diaryl/α,β-unsaturated/α-hetero) is 1. The third kappa shape index (κ3) is 1.70. The second kappa shape index (κ2) is 4.29. The van der Waals surface area contributed by atoms with Crippen LogP contribution in [0.1, 0.15) is 28.4 Å². The van der Waals surface area contributed by atoms with Gasteiger partial charge in [0, 0.05) is 18.0 Å². The van der Waals surface area contributed by atoms with Crippen molar-refractivity contribution in [1.82, 2.24) is 9.55 Å². The zero-order valence-electron chi connectivity index (χ0n) is 10.2. The largest absolute Gasteiger partial charge is 0.497 e. The van der Waals surface area contributed by atoms with E-state index in [1.165, 1.54) is 0 Å². The second-order valence-corrected chi connectivity index (χ2v) is 4.45. The molecule has 4 nitrogen and oxygen atoms in total. The maximum atomic E-state index is 12.5. The lowest BCUT2D eigenvalue weighted by molar-refractivity contribution is 0.0908. The van der Waals surface area contributed by atoms with Gasteiger partial charge in [-0.2, -0.15) is 0 Å². The SMILES string of the molecule is COc1ccc2c(c1)C(=O)[C@@H](n1ccnc1)CC2. The standard InChI is InChI=1S/C14H14N2O2/c1-18-11-4-2-10-3-5-13(14(17)12(10)8-11)16-7-6-15-9-16/h2,4,6-9,13H,3,5H2,1H3/t13-/m0/s1. The van der Waals surface area contributed by atoms with E-state index in [0.717, 1.165) is 29.7 Å². The van der Waals surface area contributed by atoms with Crippen LogP contribution in [0.3, 0.4) is 0 Å². The predicted octanol–water partition coefficient (Wildman–Crippen LogP) is 2.26. The number of ether oxygens (including phenoxy) is 1. The number of rotatable bonds is 2. The lowest BCUT2D eigenvalue weighted by atomic mass is 9.87. The molecule has 0 radical (unpaired) electrons. The van der Waals surface area contributed by atoms with Crippen LogP contribution in [-0.2, 0) is 6.42 Å². The molecule has 4 heteroatoms. The van der Waals surface area contributed by atoms with Crippen molar-refractivity contribution in [3.63, 3.8) is 0 Å². The maximum Gasteiger partial charge on any atom is 0.186 e. The summed E-state index contributed by atoms with van der Waals surface area (Å²) >= 11 is 0. The van der Waals surface area contributed by atoms with Crippen molar-refractivity contribution in [1.29, 1.82) is 0 Å². The molecule has 1 aliphatic carbocycles. The predicted molar refractivity (Wildman–Crippen MR) is 66.9 cm³/mol. The Morgan fingerprint density at radius 1 is 1.44 bits per heavy atom. The van der Waals surface area contributed by atoms with Crippen LogP contribution in [0.15, 0.2) is 36.9 Å². The first-order valence-electron chi connectivity index (χ1n) is 5.98. The van der Waals surface area contributed by atoms with Gasteiger partial charge in [0.25, 0.3) is 0 Å². The number of benzene rings is 1. The van der Waals surface area contributed by atoms with E-state index < -0.39 is 0 Å². The Kier molecular flexibility index (Phi) is 2.63. The quantitative estimate of drug-likeness (QED) is 0.811. The average molecular weight is 242 g/mol. The number of hydrogen-bond donors (Lipinski definition) is 0. The van der Waals surface area contributed by atoms with Gasteiger partial charge >= 0.3 is 0 Å². The molecule has 0 saturated carbocycles. The summed E-state index contributed by atoms with van der Waals surface area (Å²) in [6.07, 6.45) is 6.98. The van der Waals surface area contributed by atoms with Crippen LogP contribution in [0.2, 0.25) is 0 Å². The molecule has 1 aromatic carbocycles. The molecule has 0 unspecified atom stereocenters. The van der Waals surface area contributed by atoms with Gasteiger partial charge in [0.15, 0.2) is 5.78 Å². The highest BCUT2D eigenvalue weighted by Gasteiger charge is 2.28. The number of carbonyl (C=O) groups is 1. The minimum Gasteiger partial charge on any atom is -0.497 e. The monoisotopic (exact) mass is 242 g/mol. The molecule has 0 fully saturated rings. The van der Waals surface area contributed by atoms with Crippen LogP contribution in [0.4, 0.5) is 0 Å². The maximum absolute atomic E-state index is 12.5. The fraction of sp³-hybridized carbons (Fsp3) is 0.286. The van der Waals surface area contributed by atoms with Crippen LogP contribution in [0.5, 0.6) is 5.75 Å². The molecule has 0 amide bonds. The highest BCUT2D eigenvalue weighted by Crippen LogP contribution is 2.31. The van der Waals surface area contributed by atoms with Gasteiger partial charge in [-0.15, -0.1) is 0 Å². The Balaban J connectivity index is 2.00. The number of hydrogen-bond acceptors (Lipinski definition) is 3. The molecule has 0 saturated heterocycles. The second-order valence-electron chi connectivity index (χ2n) is 4.45. The fourth-order valence-corrected chi connectivity index (χ4v) is 2.47. The van der Waals surface area contributed by atoms with Crippen molar-refractivity contribution < 1.29 is 9.53 Å². The molecule has 1 heterocycles. The first kappa shape index (κ1) is 11.0.